The molecule has 150 valence electrons. The van der Waals surface area contributed by atoms with E-state index >= 15 is 0 Å². The summed E-state index contributed by atoms with van der Waals surface area (Å²) < 4.78 is 20.9. The Balaban J connectivity index is 1.33. The summed E-state index contributed by atoms with van der Waals surface area (Å²) in [4.78, 5) is 14.5. The molecule has 4 rings (SSSR count). The molecule has 0 bridgehead atoms. The Morgan fingerprint density at radius 1 is 1.29 bits per heavy atom. The number of aromatic nitrogens is 2. The first-order chi connectivity index (χ1) is 13.6. The van der Waals surface area contributed by atoms with Crippen molar-refractivity contribution in [2.45, 2.75) is 51.9 Å². The fourth-order valence-corrected chi connectivity index (χ4v) is 4.18. The van der Waals surface area contributed by atoms with Gasteiger partial charge in [-0.15, -0.1) is 0 Å². The average molecular weight is 386 g/mol. The van der Waals surface area contributed by atoms with Crippen molar-refractivity contribution in [2.75, 3.05) is 13.7 Å². The first-order valence-corrected chi connectivity index (χ1v) is 10.0. The first-order valence-electron chi connectivity index (χ1n) is 10.0. The van der Waals surface area contributed by atoms with E-state index in [-0.39, 0.29) is 23.4 Å². The second kappa shape index (κ2) is 8.31. The number of carbonyl (C=O) groups excluding carboxylic acids is 1. The summed E-state index contributed by atoms with van der Waals surface area (Å²) in [5, 5.41) is 7.66. The minimum absolute atomic E-state index is 0.159. The molecular formula is C21H27FN4O2. The zero-order chi connectivity index (χ0) is 19.5. The SMILES string of the molecule is COc1ccc(CN2CCn3nc(CNC(=O)C4CCCC4)cc3C2)cc1F. The lowest BCUT2D eigenvalue weighted by Crippen LogP contribution is -2.33. The molecule has 0 saturated heterocycles. The maximum absolute atomic E-state index is 13.9. The van der Waals surface area contributed by atoms with Gasteiger partial charge in [-0.3, -0.25) is 14.4 Å². The van der Waals surface area contributed by atoms with Crippen LogP contribution in [0.1, 0.15) is 42.6 Å². The van der Waals surface area contributed by atoms with Crippen molar-refractivity contribution in [3.8, 4) is 5.75 Å². The molecule has 7 heteroatoms. The molecule has 28 heavy (non-hydrogen) atoms. The van der Waals surface area contributed by atoms with Gasteiger partial charge in [0, 0.05) is 25.6 Å². The molecule has 1 amide bonds. The molecule has 1 aromatic heterocycles. The molecule has 1 fully saturated rings. The third-order valence-electron chi connectivity index (χ3n) is 5.72. The smallest absolute Gasteiger partial charge is 0.223 e. The zero-order valence-corrected chi connectivity index (χ0v) is 16.3. The van der Waals surface area contributed by atoms with Crippen molar-refractivity contribution >= 4 is 5.91 Å². The van der Waals surface area contributed by atoms with Gasteiger partial charge in [-0.1, -0.05) is 18.9 Å². The number of fused-ring (bicyclic) bond motifs is 1. The highest BCUT2D eigenvalue weighted by molar-refractivity contribution is 5.78. The number of hydrogen-bond donors (Lipinski definition) is 1. The van der Waals surface area contributed by atoms with E-state index < -0.39 is 0 Å². The number of hydrogen-bond acceptors (Lipinski definition) is 4. The second-order valence-electron chi connectivity index (χ2n) is 7.73. The number of ether oxygens (including phenoxy) is 1. The third kappa shape index (κ3) is 4.19. The fraction of sp³-hybridized carbons (Fsp3) is 0.524. The summed E-state index contributed by atoms with van der Waals surface area (Å²) in [6.07, 6.45) is 4.33. The monoisotopic (exact) mass is 386 g/mol. The molecular weight excluding hydrogens is 359 g/mol. The molecule has 1 saturated carbocycles. The van der Waals surface area contributed by atoms with Gasteiger partial charge in [0.25, 0.3) is 0 Å². The predicted molar refractivity (Wildman–Crippen MR) is 103 cm³/mol. The van der Waals surface area contributed by atoms with Gasteiger partial charge in [-0.2, -0.15) is 5.10 Å². The van der Waals surface area contributed by atoms with E-state index in [0.717, 1.165) is 62.3 Å². The lowest BCUT2D eigenvalue weighted by atomic mass is 10.1. The quantitative estimate of drug-likeness (QED) is 0.829. The van der Waals surface area contributed by atoms with Crippen LogP contribution in [-0.4, -0.2) is 34.2 Å². The van der Waals surface area contributed by atoms with Crippen molar-refractivity contribution < 1.29 is 13.9 Å². The van der Waals surface area contributed by atoms with Crippen LogP contribution < -0.4 is 10.1 Å². The number of amides is 1. The van der Waals surface area contributed by atoms with Gasteiger partial charge < -0.3 is 10.1 Å². The van der Waals surface area contributed by atoms with E-state index in [1.54, 1.807) is 6.07 Å². The fourth-order valence-electron chi connectivity index (χ4n) is 4.18. The predicted octanol–water partition coefficient (Wildman–Crippen LogP) is 2.85. The topological polar surface area (TPSA) is 59.4 Å². The largest absolute Gasteiger partial charge is 0.494 e. The lowest BCUT2D eigenvalue weighted by Gasteiger charge is -2.27. The number of nitrogens with zero attached hydrogens (tertiary/aromatic N) is 3. The van der Waals surface area contributed by atoms with Crippen LogP contribution in [0, 0.1) is 11.7 Å². The summed E-state index contributed by atoms with van der Waals surface area (Å²) in [5.74, 6) is 0.274. The Hall–Kier alpha value is -2.41. The zero-order valence-electron chi connectivity index (χ0n) is 16.3. The van der Waals surface area contributed by atoms with E-state index in [1.165, 1.54) is 13.2 Å². The molecule has 0 radical (unpaired) electrons. The maximum atomic E-state index is 13.9. The molecule has 1 N–H and O–H groups in total. The Morgan fingerprint density at radius 2 is 2.11 bits per heavy atom. The van der Waals surface area contributed by atoms with E-state index in [2.05, 4.69) is 21.4 Å². The van der Waals surface area contributed by atoms with Gasteiger partial charge in [0.2, 0.25) is 5.91 Å². The normalized spacial score (nSPS) is 17.5. The molecule has 1 aliphatic heterocycles. The Bertz CT molecular complexity index is 845. The Morgan fingerprint density at radius 3 is 2.86 bits per heavy atom. The number of rotatable bonds is 6. The van der Waals surface area contributed by atoms with E-state index in [1.807, 2.05) is 10.7 Å². The van der Waals surface area contributed by atoms with Crippen LogP contribution in [0.5, 0.6) is 5.75 Å². The van der Waals surface area contributed by atoms with Crippen LogP contribution in [-0.2, 0) is 31.0 Å². The van der Waals surface area contributed by atoms with Crippen molar-refractivity contribution in [1.29, 1.82) is 0 Å². The highest BCUT2D eigenvalue weighted by Crippen LogP contribution is 2.25. The number of methoxy groups -OCH3 is 1. The molecule has 0 unspecified atom stereocenters. The van der Waals surface area contributed by atoms with Gasteiger partial charge in [0.05, 0.1) is 31.6 Å². The highest BCUT2D eigenvalue weighted by Gasteiger charge is 2.23. The summed E-state index contributed by atoms with van der Waals surface area (Å²) in [5.41, 5.74) is 2.96. The third-order valence-corrected chi connectivity index (χ3v) is 5.72. The highest BCUT2D eigenvalue weighted by atomic mass is 19.1. The van der Waals surface area contributed by atoms with E-state index in [9.17, 15) is 9.18 Å². The van der Waals surface area contributed by atoms with Gasteiger partial charge in [-0.05, 0) is 36.6 Å². The lowest BCUT2D eigenvalue weighted by molar-refractivity contribution is -0.124. The number of benzene rings is 1. The summed E-state index contributed by atoms with van der Waals surface area (Å²) in [6, 6.07) is 7.17. The average Bonchev–Trinajstić information content (AvgIpc) is 3.36. The summed E-state index contributed by atoms with van der Waals surface area (Å²) in [7, 11) is 1.47. The standard InChI is InChI=1S/C21H27FN4O2/c1-28-20-7-6-15(10-19(20)22)13-25-8-9-26-18(14-25)11-17(24-26)12-23-21(27)16-4-2-3-5-16/h6-7,10-11,16H,2-5,8-9,12-14H2,1H3,(H,23,27). The molecule has 0 atom stereocenters. The van der Waals surface area contributed by atoms with Crippen LogP contribution in [0.3, 0.4) is 0 Å². The first kappa shape index (κ1) is 18.9. The van der Waals surface area contributed by atoms with E-state index in [4.69, 9.17) is 4.74 Å². The Labute approximate surface area is 164 Å². The molecule has 1 aromatic carbocycles. The molecule has 1 aliphatic carbocycles. The van der Waals surface area contributed by atoms with Crippen LogP contribution in [0.2, 0.25) is 0 Å². The van der Waals surface area contributed by atoms with Crippen LogP contribution in [0.4, 0.5) is 4.39 Å². The minimum Gasteiger partial charge on any atom is -0.494 e. The van der Waals surface area contributed by atoms with Gasteiger partial charge in [-0.25, -0.2) is 4.39 Å². The van der Waals surface area contributed by atoms with Gasteiger partial charge in [0.1, 0.15) is 0 Å². The van der Waals surface area contributed by atoms with Crippen molar-refractivity contribution in [1.82, 2.24) is 20.0 Å². The number of carbonyl (C=O) groups is 1. The molecule has 0 spiro atoms. The van der Waals surface area contributed by atoms with Gasteiger partial charge >= 0.3 is 0 Å². The molecule has 2 aliphatic rings. The summed E-state index contributed by atoms with van der Waals surface area (Å²) >= 11 is 0. The van der Waals surface area contributed by atoms with Crippen LogP contribution >= 0.6 is 0 Å². The van der Waals surface area contributed by atoms with Crippen LogP contribution in [0.25, 0.3) is 0 Å². The maximum Gasteiger partial charge on any atom is 0.223 e. The van der Waals surface area contributed by atoms with Crippen molar-refractivity contribution in [3.63, 3.8) is 0 Å². The van der Waals surface area contributed by atoms with Gasteiger partial charge in [0.15, 0.2) is 11.6 Å². The molecule has 2 heterocycles. The molecule has 6 nitrogen and oxygen atoms in total. The Kier molecular flexibility index (Phi) is 5.62. The minimum atomic E-state index is -0.331. The molecule has 2 aromatic rings. The number of nitrogens with one attached hydrogen (secondary N) is 1. The van der Waals surface area contributed by atoms with Crippen molar-refractivity contribution in [2.24, 2.45) is 5.92 Å². The van der Waals surface area contributed by atoms with Crippen LogP contribution in [0.15, 0.2) is 24.3 Å². The second-order valence-corrected chi connectivity index (χ2v) is 7.73. The van der Waals surface area contributed by atoms with E-state index in [0.29, 0.717) is 13.1 Å². The number of halogens is 1. The summed E-state index contributed by atoms with van der Waals surface area (Å²) in [6.45, 7) is 3.58. The van der Waals surface area contributed by atoms with Crippen molar-refractivity contribution in [3.05, 3.63) is 47.0 Å².